The fourth-order valence-electron chi connectivity index (χ4n) is 3.25. The quantitative estimate of drug-likeness (QED) is 0.546. The molecule has 1 N–H and O–H groups in total. The number of hydrogen-bond acceptors (Lipinski definition) is 4. The maximum absolute atomic E-state index is 6.17. The number of pyridine rings is 1. The summed E-state index contributed by atoms with van der Waals surface area (Å²) in [5.41, 5.74) is 5.41. The van der Waals surface area contributed by atoms with Gasteiger partial charge in [-0.2, -0.15) is 15.4 Å². The molecule has 0 amide bonds. The third-order valence-electron chi connectivity index (χ3n) is 4.60. The number of rotatable bonds is 5. The van der Waals surface area contributed by atoms with Crippen molar-refractivity contribution in [2.24, 2.45) is 0 Å². The Kier molecular flexibility index (Phi) is 4.73. The Morgan fingerprint density at radius 2 is 2.00 bits per heavy atom. The van der Waals surface area contributed by atoms with E-state index in [1.54, 1.807) is 6.20 Å². The van der Waals surface area contributed by atoms with E-state index in [4.69, 9.17) is 11.6 Å². The van der Waals surface area contributed by atoms with E-state index < -0.39 is 0 Å². The molecular formula is C20H19ClN6. The van der Waals surface area contributed by atoms with Crippen LogP contribution in [-0.4, -0.2) is 29.9 Å². The second kappa shape index (κ2) is 7.32. The molecule has 1 atom stereocenters. The third kappa shape index (κ3) is 3.48. The van der Waals surface area contributed by atoms with Crippen LogP contribution in [0.25, 0.3) is 22.6 Å². The van der Waals surface area contributed by atoms with Crippen LogP contribution in [0.15, 0.2) is 55.1 Å². The highest BCUT2D eigenvalue weighted by molar-refractivity contribution is 6.30. The maximum atomic E-state index is 6.17. The second-order valence-corrected chi connectivity index (χ2v) is 6.81. The zero-order chi connectivity index (χ0) is 18.8. The number of nitrogens with one attached hydrogen (secondary N) is 1. The van der Waals surface area contributed by atoms with Crippen molar-refractivity contribution in [2.45, 2.75) is 26.3 Å². The number of aromatic amines is 1. The van der Waals surface area contributed by atoms with Crippen LogP contribution in [-0.2, 0) is 0 Å². The van der Waals surface area contributed by atoms with Crippen molar-refractivity contribution in [1.82, 2.24) is 29.9 Å². The number of hydrogen-bond donors (Lipinski definition) is 1. The van der Waals surface area contributed by atoms with Crippen molar-refractivity contribution >= 4 is 11.6 Å². The van der Waals surface area contributed by atoms with Gasteiger partial charge in [0.2, 0.25) is 0 Å². The summed E-state index contributed by atoms with van der Waals surface area (Å²) in [5.74, 6) is 0. The van der Waals surface area contributed by atoms with Gasteiger partial charge >= 0.3 is 0 Å². The van der Waals surface area contributed by atoms with Gasteiger partial charge in [0, 0.05) is 23.0 Å². The van der Waals surface area contributed by atoms with E-state index in [1.807, 2.05) is 49.8 Å². The van der Waals surface area contributed by atoms with Crippen LogP contribution in [0.2, 0.25) is 5.02 Å². The number of H-pyrrole nitrogens is 1. The Bertz CT molecular complexity index is 1070. The van der Waals surface area contributed by atoms with Crippen molar-refractivity contribution < 1.29 is 0 Å². The molecule has 27 heavy (non-hydrogen) atoms. The first-order valence-corrected chi connectivity index (χ1v) is 9.16. The fourth-order valence-corrected chi connectivity index (χ4v) is 3.45. The van der Waals surface area contributed by atoms with Crippen LogP contribution in [0.4, 0.5) is 0 Å². The molecule has 7 heteroatoms. The highest BCUT2D eigenvalue weighted by Gasteiger charge is 2.15. The number of aryl methyl sites for hydroxylation is 1. The lowest BCUT2D eigenvalue weighted by Crippen LogP contribution is -2.07. The lowest BCUT2D eigenvalue weighted by molar-refractivity contribution is 0.566. The van der Waals surface area contributed by atoms with Gasteiger partial charge in [-0.05, 0) is 43.2 Å². The molecule has 3 aromatic heterocycles. The summed E-state index contributed by atoms with van der Waals surface area (Å²) >= 11 is 6.17. The largest absolute Gasteiger partial charge is 0.329 e. The molecule has 0 saturated heterocycles. The van der Waals surface area contributed by atoms with E-state index in [2.05, 4.69) is 42.9 Å². The summed E-state index contributed by atoms with van der Waals surface area (Å²) < 4.78 is 2.11. The standard InChI is InChI=1S/C20H19ClN6/c1-3-19(14-5-4-6-16(21)9-14)27-11-18(23-12-27)17-10-15(7-8-22-17)20-13(2)24-26-25-20/h4-12,19H,3H2,1-2H3,(H,24,25,26). The molecule has 4 aromatic rings. The Labute approximate surface area is 162 Å². The van der Waals surface area contributed by atoms with Gasteiger partial charge in [0.25, 0.3) is 0 Å². The molecule has 4 rings (SSSR count). The topological polar surface area (TPSA) is 72.3 Å². The van der Waals surface area contributed by atoms with Crippen molar-refractivity contribution in [2.75, 3.05) is 0 Å². The summed E-state index contributed by atoms with van der Waals surface area (Å²) in [5, 5.41) is 11.7. The summed E-state index contributed by atoms with van der Waals surface area (Å²) in [4.78, 5) is 9.05. The number of benzene rings is 1. The molecular weight excluding hydrogens is 360 g/mol. The number of aromatic nitrogens is 6. The SMILES string of the molecule is CCC(c1cccc(Cl)c1)n1cnc(-c2cc(-c3n[nH]nc3C)ccn2)c1. The van der Waals surface area contributed by atoms with Gasteiger partial charge in [-0.1, -0.05) is 30.7 Å². The van der Waals surface area contributed by atoms with Crippen LogP contribution < -0.4 is 0 Å². The summed E-state index contributed by atoms with van der Waals surface area (Å²) in [6, 6.07) is 12.0. The van der Waals surface area contributed by atoms with Crippen molar-refractivity contribution in [3.63, 3.8) is 0 Å². The van der Waals surface area contributed by atoms with Gasteiger partial charge in [-0.15, -0.1) is 0 Å². The number of imidazole rings is 1. The molecule has 0 fully saturated rings. The average Bonchev–Trinajstić information content (AvgIpc) is 3.32. The third-order valence-corrected chi connectivity index (χ3v) is 4.83. The van der Waals surface area contributed by atoms with Crippen molar-refractivity contribution in [1.29, 1.82) is 0 Å². The smallest absolute Gasteiger partial charge is 0.115 e. The summed E-state index contributed by atoms with van der Waals surface area (Å²) in [6.07, 6.45) is 6.57. The van der Waals surface area contributed by atoms with Gasteiger partial charge < -0.3 is 4.57 Å². The highest BCUT2D eigenvalue weighted by Crippen LogP contribution is 2.28. The van der Waals surface area contributed by atoms with Gasteiger partial charge in [0.05, 0.1) is 23.8 Å². The van der Waals surface area contributed by atoms with Gasteiger partial charge in [-0.25, -0.2) is 4.98 Å². The molecule has 3 heterocycles. The van der Waals surface area contributed by atoms with Crippen LogP contribution in [0.5, 0.6) is 0 Å². The van der Waals surface area contributed by atoms with Crippen molar-refractivity contribution in [3.05, 3.63) is 71.4 Å². The fraction of sp³-hybridized carbons (Fsp3) is 0.200. The molecule has 1 unspecified atom stereocenters. The Balaban J connectivity index is 1.67. The molecule has 0 aliphatic carbocycles. The molecule has 6 nitrogen and oxygen atoms in total. The first-order chi connectivity index (χ1) is 13.2. The van der Waals surface area contributed by atoms with Crippen LogP contribution >= 0.6 is 11.6 Å². The van der Waals surface area contributed by atoms with Gasteiger partial charge in [0.1, 0.15) is 11.4 Å². The predicted octanol–water partition coefficient (Wildman–Crippen LogP) is 4.69. The van der Waals surface area contributed by atoms with Crippen LogP contribution in [0.3, 0.4) is 0 Å². The predicted molar refractivity (Wildman–Crippen MR) is 105 cm³/mol. The maximum Gasteiger partial charge on any atom is 0.115 e. The normalized spacial score (nSPS) is 12.3. The van der Waals surface area contributed by atoms with E-state index in [1.165, 1.54) is 0 Å². The minimum Gasteiger partial charge on any atom is -0.329 e. The van der Waals surface area contributed by atoms with Crippen LogP contribution in [0.1, 0.15) is 30.6 Å². The molecule has 0 aliphatic rings. The molecule has 1 aromatic carbocycles. The molecule has 0 aliphatic heterocycles. The average molecular weight is 379 g/mol. The lowest BCUT2D eigenvalue weighted by atomic mass is 10.0. The number of halogens is 1. The minimum atomic E-state index is 0.172. The van der Waals surface area contributed by atoms with E-state index in [-0.39, 0.29) is 6.04 Å². The Hall–Kier alpha value is -2.99. The Morgan fingerprint density at radius 3 is 2.74 bits per heavy atom. The van der Waals surface area contributed by atoms with E-state index in [9.17, 15) is 0 Å². The van der Waals surface area contributed by atoms with Gasteiger partial charge in [-0.3, -0.25) is 4.98 Å². The van der Waals surface area contributed by atoms with Crippen LogP contribution in [0, 0.1) is 6.92 Å². The van der Waals surface area contributed by atoms with Gasteiger partial charge in [0.15, 0.2) is 0 Å². The zero-order valence-corrected chi connectivity index (χ0v) is 15.9. The van der Waals surface area contributed by atoms with Crippen molar-refractivity contribution in [3.8, 4) is 22.6 Å². The minimum absolute atomic E-state index is 0.172. The highest BCUT2D eigenvalue weighted by atomic mass is 35.5. The Morgan fingerprint density at radius 1 is 1.11 bits per heavy atom. The molecule has 136 valence electrons. The molecule has 0 saturated carbocycles. The first-order valence-electron chi connectivity index (χ1n) is 8.79. The van der Waals surface area contributed by atoms with E-state index in [0.717, 1.165) is 45.3 Å². The molecule has 0 spiro atoms. The summed E-state index contributed by atoms with van der Waals surface area (Å²) in [7, 11) is 0. The summed E-state index contributed by atoms with van der Waals surface area (Å²) in [6.45, 7) is 4.07. The number of nitrogens with zero attached hydrogens (tertiary/aromatic N) is 5. The molecule has 0 bridgehead atoms. The first kappa shape index (κ1) is 17.4. The molecule has 0 radical (unpaired) electrons. The van der Waals surface area contributed by atoms with E-state index in [0.29, 0.717) is 0 Å². The monoisotopic (exact) mass is 378 g/mol. The lowest BCUT2D eigenvalue weighted by Gasteiger charge is -2.17. The zero-order valence-electron chi connectivity index (χ0n) is 15.1. The van der Waals surface area contributed by atoms with E-state index >= 15 is 0 Å². The second-order valence-electron chi connectivity index (χ2n) is 6.37.